The van der Waals surface area contributed by atoms with Crippen LogP contribution >= 0.6 is 24.0 Å². The van der Waals surface area contributed by atoms with E-state index in [1.165, 1.54) is 18.4 Å². The van der Waals surface area contributed by atoms with Crippen LogP contribution in [-0.2, 0) is 6.54 Å². The molecular weight excluding hydrogens is 493 g/mol. The average molecular weight is 525 g/mol. The number of ether oxygens (including phenoxy) is 2. The fourth-order valence-corrected chi connectivity index (χ4v) is 3.62. The molecule has 0 amide bonds. The summed E-state index contributed by atoms with van der Waals surface area (Å²) >= 11 is 0. The molecule has 1 atom stereocenters. The van der Waals surface area contributed by atoms with Crippen molar-refractivity contribution in [2.45, 2.75) is 25.4 Å². The Morgan fingerprint density at radius 2 is 1.87 bits per heavy atom. The standard InChI is InChI=1S/C22H31N5O2.HI/c1-23-22(24-15-18-9-7-11-21(26-18)29-3)25-16-20(27-12-4-5-13-27)17-8-6-10-19(14-17)28-2;/h6-11,14,20H,4-5,12-13,15-16H2,1-3H3,(H2,23,24,25);1H. The van der Waals surface area contributed by atoms with Gasteiger partial charge in [0.2, 0.25) is 5.88 Å². The lowest BCUT2D eigenvalue weighted by Gasteiger charge is -2.29. The first-order valence-electron chi connectivity index (χ1n) is 10.1. The highest BCUT2D eigenvalue weighted by Crippen LogP contribution is 2.27. The van der Waals surface area contributed by atoms with Gasteiger partial charge in [0.1, 0.15) is 5.75 Å². The number of nitrogens with one attached hydrogen (secondary N) is 2. The Kier molecular flexibility index (Phi) is 10.2. The van der Waals surface area contributed by atoms with Crippen LogP contribution in [0.3, 0.4) is 0 Å². The van der Waals surface area contributed by atoms with E-state index < -0.39 is 0 Å². The third-order valence-electron chi connectivity index (χ3n) is 5.17. The first-order chi connectivity index (χ1) is 14.2. The number of hydrogen-bond donors (Lipinski definition) is 2. The molecule has 1 aromatic heterocycles. The average Bonchev–Trinajstić information content (AvgIpc) is 3.31. The van der Waals surface area contributed by atoms with Gasteiger partial charge in [0.15, 0.2) is 5.96 Å². The van der Waals surface area contributed by atoms with Gasteiger partial charge in [-0.3, -0.25) is 9.89 Å². The highest BCUT2D eigenvalue weighted by molar-refractivity contribution is 14.0. The molecule has 3 rings (SSSR count). The molecule has 7 nitrogen and oxygen atoms in total. The van der Waals surface area contributed by atoms with Crippen molar-refractivity contribution < 1.29 is 9.47 Å². The van der Waals surface area contributed by atoms with Gasteiger partial charge in [0.05, 0.1) is 32.5 Å². The van der Waals surface area contributed by atoms with E-state index in [2.05, 4.69) is 43.7 Å². The molecule has 30 heavy (non-hydrogen) atoms. The maximum atomic E-state index is 5.43. The Morgan fingerprint density at radius 1 is 1.10 bits per heavy atom. The molecule has 164 valence electrons. The Balaban J connectivity index is 0.00000320. The van der Waals surface area contributed by atoms with Gasteiger partial charge in [-0.1, -0.05) is 18.2 Å². The van der Waals surface area contributed by atoms with Crippen molar-refractivity contribution >= 4 is 29.9 Å². The molecule has 0 bridgehead atoms. The van der Waals surface area contributed by atoms with Crippen LogP contribution in [0.1, 0.15) is 30.1 Å². The smallest absolute Gasteiger partial charge is 0.213 e. The van der Waals surface area contributed by atoms with Crippen LogP contribution in [0.2, 0.25) is 0 Å². The molecule has 0 aliphatic carbocycles. The largest absolute Gasteiger partial charge is 0.497 e. The summed E-state index contributed by atoms with van der Waals surface area (Å²) in [7, 11) is 5.11. The van der Waals surface area contributed by atoms with Crippen LogP contribution in [0.5, 0.6) is 11.6 Å². The number of guanidine groups is 1. The maximum Gasteiger partial charge on any atom is 0.213 e. The molecule has 2 aromatic rings. The fourth-order valence-electron chi connectivity index (χ4n) is 3.62. The van der Waals surface area contributed by atoms with E-state index in [4.69, 9.17) is 9.47 Å². The van der Waals surface area contributed by atoms with Gasteiger partial charge < -0.3 is 20.1 Å². The predicted molar refractivity (Wildman–Crippen MR) is 131 cm³/mol. The van der Waals surface area contributed by atoms with Gasteiger partial charge >= 0.3 is 0 Å². The van der Waals surface area contributed by atoms with Gasteiger partial charge in [0, 0.05) is 19.7 Å². The second-order valence-electron chi connectivity index (χ2n) is 7.01. The van der Waals surface area contributed by atoms with Gasteiger partial charge in [-0.15, -0.1) is 24.0 Å². The molecule has 2 N–H and O–H groups in total. The molecule has 0 radical (unpaired) electrons. The maximum absolute atomic E-state index is 5.43. The SMILES string of the molecule is CN=C(NCc1cccc(OC)n1)NCC(c1cccc(OC)c1)N1CCCC1.I. The topological polar surface area (TPSA) is 71.0 Å². The lowest BCUT2D eigenvalue weighted by molar-refractivity contribution is 0.245. The Morgan fingerprint density at radius 3 is 2.57 bits per heavy atom. The monoisotopic (exact) mass is 525 g/mol. The number of aromatic nitrogens is 1. The minimum atomic E-state index is 0. The van der Waals surface area contributed by atoms with Crippen LogP contribution in [0.4, 0.5) is 0 Å². The van der Waals surface area contributed by atoms with Crippen molar-refractivity contribution in [3.8, 4) is 11.6 Å². The quantitative estimate of drug-likeness (QED) is 0.314. The zero-order chi connectivity index (χ0) is 20.5. The minimum Gasteiger partial charge on any atom is -0.497 e. The normalized spacial score (nSPS) is 15.2. The van der Waals surface area contributed by atoms with Crippen LogP contribution in [0.25, 0.3) is 0 Å². The van der Waals surface area contributed by atoms with Gasteiger partial charge in [-0.2, -0.15) is 0 Å². The summed E-state index contributed by atoms with van der Waals surface area (Å²) in [4.78, 5) is 11.3. The summed E-state index contributed by atoms with van der Waals surface area (Å²) < 4.78 is 10.6. The zero-order valence-corrected chi connectivity index (χ0v) is 20.3. The summed E-state index contributed by atoms with van der Waals surface area (Å²) in [5, 5.41) is 6.81. The second-order valence-corrected chi connectivity index (χ2v) is 7.01. The van der Waals surface area contributed by atoms with Crippen molar-refractivity contribution in [2.24, 2.45) is 4.99 Å². The molecule has 1 aliphatic heterocycles. The lowest BCUT2D eigenvalue weighted by Crippen LogP contribution is -2.42. The molecular formula is C22H32IN5O2. The number of methoxy groups -OCH3 is 2. The van der Waals surface area contributed by atoms with E-state index in [0.29, 0.717) is 12.4 Å². The Hall–Kier alpha value is -2.07. The van der Waals surface area contributed by atoms with Crippen LogP contribution < -0.4 is 20.1 Å². The van der Waals surface area contributed by atoms with E-state index in [0.717, 1.165) is 37.0 Å². The molecule has 1 aliphatic rings. The zero-order valence-electron chi connectivity index (χ0n) is 17.9. The third kappa shape index (κ3) is 6.73. The number of aliphatic imine (C=N–C) groups is 1. The minimum absolute atomic E-state index is 0. The molecule has 1 aromatic carbocycles. The third-order valence-corrected chi connectivity index (χ3v) is 5.17. The lowest BCUT2D eigenvalue weighted by atomic mass is 10.1. The summed E-state index contributed by atoms with van der Waals surface area (Å²) in [6, 6.07) is 14.3. The number of pyridine rings is 1. The van der Waals surface area contributed by atoms with Crippen molar-refractivity contribution in [1.29, 1.82) is 0 Å². The van der Waals surface area contributed by atoms with Gasteiger partial charge in [-0.25, -0.2) is 4.98 Å². The Labute approximate surface area is 196 Å². The molecule has 1 unspecified atom stereocenters. The summed E-state index contributed by atoms with van der Waals surface area (Å²) in [6.45, 7) is 3.56. The second kappa shape index (κ2) is 12.6. The molecule has 8 heteroatoms. The number of hydrogen-bond acceptors (Lipinski definition) is 5. The molecule has 1 saturated heterocycles. The first-order valence-corrected chi connectivity index (χ1v) is 10.1. The molecule has 1 fully saturated rings. The van der Waals surface area contributed by atoms with Gasteiger partial charge in [-0.05, 0) is 49.7 Å². The van der Waals surface area contributed by atoms with E-state index in [-0.39, 0.29) is 30.0 Å². The molecule has 2 heterocycles. The Bertz CT molecular complexity index is 812. The van der Waals surface area contributed by atoms with Gasteiger partial charge in [0.25, 0.3) is 0 Å². The van der Waals surface area contributed by atoms with Crippen molar-refractivity contribution in [3.63, 3.8) is 0 Å². The van der Waals surface area contributed by atoms with Crippen molar-refractivity contribution in [2.75, 3.05) is 40.9 Å². The summed E-state index contributed by atoms with van der Waals surface area (Å²) in [5.74, 6) is 2.25. The van der Waals surface area contributed by atoms with Crippen LogP contribution in [-0.4, -0.2) is 56.7 Å². The van der Waals surface area contributed by atoms with E-state index in [1.807, 2.05) is 24.3 Å². The van der Waals surface area contributed by atoms with Crippen molar-refractivity contribution in [1.82, 2.24) is 20.5 Å². The highest BCUT2D eigenvalue weighted by atomic mass is 127. The molecule has 0 saturated carbocycles. The van der Waals surface area contributed by atoms with E-state index >= 15 is 0 Å². The first kappa shape index (κ1) is 24.2. The summed E-state index contributed by atoms with van der Waals surface area (Å²) in [5.41, 5.74) is 2.15. The molecule has 0 spiro atoms. The summed E-state index contributed by atoms with van der Waals surface area (Å²) in [6.07, 6.45) is 2.49. The number of halogens is 1. The fraction of sp³-hybridized carbons (Fsp3) is 0.455. The predicted octanol–water partition coefficient (Wildman–Crippen LogP) is 3.22. The van der Waals surface area contributed by atoms with Crippen LogP contribution in [0.15, 0.2) is 47.5 Å². The van der Waals surface area contributed by atoms with E-state index in [1.54, 1.807) is 21.3 Å². The highest BCUT2D eigenvalue weighted by Gasteiger charge is 2.24. The number of rotatable bonds is 8. The van der Waals surface area contributed by atoms with Crippen molar-refractivity contribution in [3.05, 3.63) is 53.7 Å². The van der Waals surface area contributed by atoms with E-state index in [9.17, 15) is 0 Å². The van der Waals surface area contributed by atoms with Crippen LogP contribution in [0, 0.1) is 0 Å². The number of benzene rings is 1. The number of nitrogens with zero attached hydrogens (tertiary/aromatic N) is 3. The number of likely N-dealkylation sites (tertiary alicyclic amines) is 1.